The Morgan fingerprint density at radius 2 is 1.60 bits per heavy atom. The van der Waals surface area contributed by atoms with Gasteiger partial charge in [-0.1, -0.05) is 53.5 Å². The van der Waals surface area contributed by atoms with E-state index >= 15 is 0 Å². The maximum absolute atomic E-state index is 13.5. The molecule has 2 aliphatic heterocycles. The van der Waals surface area contributed by atoms with E-state index in [2.05, 4.69) is 4.98 Å². The quantitative estimate of drug-likeness (QED) is 0.564. The second-order valence-electron chi connectivity index (χ2n) is 7.03. The highest BCUT2D eigenvalue weighted by Gasteiger charge is 2.60. The van der Waals surface area contributed by atoms with Gasteiger partial charge in [0.05, 0.1) is 27.5 Å². The van der Waals surface area contributed by atoms with Crippen LogP contribution >= 0.6 is 23.2 Å². The van der Waals surface area contributed by atoms with Gasteiger partial charge in [0.25, 0.3) is 5.91 Å². The summed E-state index contributed by atoms with van der Waals surface area (Å²) in [6, 6.07) is 17.3. The Morgan fingerprint density at radius 3 is 2.27 bits per heavy atom. The molecule has 2 saturated heterocycles. The lowest BCUT2D eigenvalue weighted by Crippen LogP contribution is -2.37. The van der Waals surface area contributed by atoms with Gasteiger partial charge in [0, 0.05) is 12.4 Å². The van der Waals surface area contributed by atoms with E-state index in [1.165, 1.54) is 0 Å². The number of anilines is 2. The lowest BCUT2D eigenvalue weighted by Gasteiger charge is -2.28. The summed E-state index contributed by atoms with van der Waals surface area (Å²) >= 11 is 12.6. The Labute approximate surface area is 182 Å². The van der Waals surface area contributed by atoms with Crippen molar-refractivity contribution in [3.63, 3.8) is 0 Å². The summed E-state index contributed by atoms with van der Waals surface area (Å²) < 4.78 is 0. The summed E-state index contributed by atoms with van der Waals surface area (Å²) in [4.78, 5) is 38.1. The van der Waals surface area contributed by atoms with Crippen molar-refractivity contribution in [2.75, 3.05) is 9.96 Å². The average Bonchev–Trinajstić information content (AvgIpc) is 3.27. The average molecular weight is 440 g/mol. The van der Waals surface area contributed by atoms with E-state index in [-0.39, 0.29) is 15.7 Å². The molecule has 1 aromatic heterocycles. The molecule has 3 heterocycles. The predicted molar refractivity (Wildman–Crippen MR) is 113 cm³/mol. The summed E-state index contributed by atoms with van der Waals surface area (Å²) in [7, 11) is 0. The van der Waals surface area contributed by atoms with E-state index in [4.69, 9.17) is 28.0 Å². The number of rotatable bonds is 3. The third kappa shape index (κ3) is 2.88. The van der Waals surface area contributed by atoms with E-state index in [1.807, 2.05) is 36.4 Å². The Morgan fingerprint density at radius 1 is 0.867 bits per heavy atom. The van der Waals surface area contributed by atoms with Gasteiger partial charge < -0.3 is 0 Å². The third-order valence-corrected chi connectivity index (χ3v) is 5.92. The molecule has 0 saturated carbocycles. The minimum atomic E-state index is -0.991. The molecule has 3 atom stereocenters. The molecule has 150 valence electrons. The minimum absolute atomic E-state index is 0.185. The number of halogens is 2. The first-order valence-electron chi connectivity index (χ1n) is 9.30. The van der Waals surface area contributed by atoms with Gasteiger partial charge in [-0.05, 0) is 35.9 Å². The van der Waals surface area contributed by atoms with Crippen molar-refractivity contribution in [1.29, 1.82) is 0 Å². The molecule has 0 radical (unpaired) electrons. The van der Waals surface area contributed by atoms with Crippen LogP contribution in [-0.4, -0.2) is 22.9 Å². The number of hydroxylamine groups is 1. The van der Waals surface area contributed by atoms with Gasteiger partial charge in [-0.25, -0.2) is 9.96 Å². The second-order valence-corrected chi connectivity index (χ2v) is 7.84. The predicted octanol–water partition coefficient (Wildman–Crippen LogP) is 4.44. The number of imide groups is 1. The number of benzene rings is 2. The SMILES string of the molecule is O=C1[C@H]2[C@@H](ON(c3ccccc3)[C@H]2c2cccnc2)C(=O)N1c1c(Cl)cccc1Cl. The molecule has 0 spiro atoms. The number of hydrogen-bond acceptors (Lipinski definition) is 5. The van der Waals surface area contributed by atoms with Crippen LogP contribution in [0.5, 0.6) is 0 Å². The number of amides is 2. The Hall–Kier alpha value is -2.93. The highest BCUT2D eigenvalue weighted by Crippen LogP contribution is 2.49. The van der Waals surface area contributed by atoms with Crippen molar-refractivity contribution in [3.8, 4) is 0 Å². The molecule has 2 aromatic carbocycles. The zero-order valence-electron chi connectivity index (χ0n) is 15.5. The summed E-state index contributed by atoms with van der Waals surface area (Å²) in [6.45, 7) is 0. The van der Waals surface area contributed by atoms with Crippen LogP contribution in [0.2, 0.25) is 10.0 Å². The van der Waals surface area contributed by atoms with E-state index in [0.717, 1.165) is 16.2 Å². The van der Waals surface area contributed by atoms with Crippen LogP contribution in [-0.2, 0) is 14.4 Å². The topological polar surface area (TPSA) is 62.7 Å². The maximum atomic E-state index is 13.5. The molecule has 5 rings (SSSR count). The van der Waals surface area contributed by atoms with Gasteiger partial charge in [-0.2, -0.15) is 0 Å². The largest absolute Gasteiger partial charge is 0.273 e. The van der Waals surface area contributed by atoms with Crippen LogP contribution in [0, 0.1) is 5.92 Å². The van der Waals surface area contributed by atoms with Gasteiger partial charge in [-0.15, -0.1) is 0 Å². The number of carbonyl (C=O) groups is 2. The smallest absolute Gasteiger partial charge is 0.266 e. The summed E-state index contributed by atoms with van der Waals surface area (Å²) in [5.41, 5.74) is 1.69. The van der Waals surface area contributed by atoms with Gasteiger partial charge in [0.2, 0.25) is 5.91 Å². The second kappa shape index (κ2) is 7.40. The van der Waals surface area contributed by atoms with Gasteiger partial charge in [0.1, 0.15) is 5.92 Å². The van der Waals surface area contributed by atoms with E-state index in [1.54, 1.807) is 41.7 Å². The summed E-state index contributed by atoms with van der Waals surface area (Å²) in [5, 5.41) is 2.07. The monoisotopic (exact) mass is 439 g/mol. The first-order chi connectivity index (χ1) is 14.6. The number of hydrogen-bond donors (Lipinski definition) is 0. The van der Waals surface area contributed by atoms with Crippen molar-refractivity contribution in [1.82, 2.24) is 4.98 Å². The van der Waals surface area contributed by atoms with Crippen LogP contribution in [0.1, 0.15) is 11.6 Å². The fourth-order valence-corrected chi connectivity index (χ4v) is 4.59. The molecule has 0 bridgehead atoms. The Kier molecular flexibility index (Phi) is 4.70. The molecule has 6 nitrogen and oxygen atoms in total. The fourth-order valence-electron chi connectivity index (χ4n) is 4.03. The number of carbonyl (C=O) groups excluding carboxylic acids is 2. The molecule has 0 unspecified atom stereocenters. The molecule has 2 aliphatic rings. The minimum Gasteiger partial charge on any atom is -0.273 e. The number of para-hydroxylation sites is 2. The number of nitrogens with zero attached hydrogens (tertiary/aromatic N) is 3. The highest BCUT2D eigenvalue weighted by molar-refractivity contribution is 6.42. The zero-order chi connectivity index (χ0) is 20.8. The van der Waals surface area contributed by atoms with Crippen molar-refractivity contribution in [2.24, 2.45) is 5.92 Å². The summed E-state index contributed by atoms with van der Waals surface area (Å²) in [6.07, 6.45) is 2.34. The van der Waals surface area contributed by atoms with Crippen molar-refractivity contribution < 1.29 is 14.4 Å². The van der Waals surface area contributed by atoms with Crippen molar-refractivity contribution in [3.05, 3.63) is 88.7 Å². The Balaban J connectivity index is 1.61. The van der Waals surface area contributed by atoms with Crippen LogP contribution < -0.4 is 9.96 Å². The van der Waals surface area contributed by atoms with Crippen LogP contribution in [0.15, 0.2) is 73.1 Å². The number of pyridine rings is 1. The first kappa shape index (κ1) is 19.1. The van der Waals surface area contributed by atoms with Crippen molar-refractivity contribution >= 4 is 46.4 Å². The van der Waals surface area contributed by atoms with Gasteiger partial charge >= 0.3 is 0 Å². The van der Waals surface area contributed by atoms with E-state index < -0.39 is 29.9 Å². The molecule has 2 amide bonds. The summed E-state index contributed by atoms with van der Waals surface area (Å²) in [5.74, 6) is -1.67. The maximum Gasteiger partial charge on any atom is 0.266 e. The molecule has 3 aromatic rings. The number of fused-ring (bicyclic) bond motifs is 1. The highest BCUT2D eigenvalue weighted by atomic mass is 35.5. The van der Waals surface area contributed by atoms with Crippen LogP contribution in [0.3, 0.4) is 0 Å². The van der Waals surface area contributed by atoms with E-state index in [0.29, 0.717) is 0 Å². The normalized spacial score (nSPS) is 23.2. The standard InChI is InChI=1S/C22H15Cl2N3O3/c23-15-9-4-10-16(24)19(15)26-21(28)17-18(13-6-5-11-25-12-13)27(30-20(17)22(26)29)14-7-2-1-3-8-14/h1-12,17-18,20H/t17-,18+,20-/m1/s1. The lowest BCUT2D eigenvalue weighted by atomic mass is 9.91. The molecular weight excluding hydrogens is 425 g/mol. The van der Waals surface area contributed by atoms with Crippen molar-refractivity contribution in [2.45, 2.75) is 12.1 Å². The third-order valence-electron chi connectivity index (χ3n) is 5.31. The number of aromatic nitrogens is 1. The molecule has 0 aliphatic carbocycles. The molecular formula is C22H15Cl2N3O3. The molecule has 0 N–H and O–H groups in total. The molecule has 8 heteroatoms. The Bertz CT molecular complexity index is 1110. The van der Waals surface area contributed by atoms with Crippen LogP contribution in [0.25, 0.3) is 0 Å². The molecule has 2 fully saturated rings. The lowest BCUT2D eigenvalue weighted by molar-refractivity contribution is -0.126. The van der Waals surface area contributed by atoms with E-state index in [9.17, 15) is 9.59 Å². The van der Waals surface area contributed by atoms with Gasteiger partial charge in [0.15, 0.2) is 6.10 Å². The van der Waals surface area contributed by atoms with Gasteiger partial charge in [-0.3, -0.25) is 19.4 Å². The fraction of sp³-hybridized carbons (Fsp3) is 0.136. The molecule has 30 heavy (non-hydrogen) atoms. The van der Waals surface area contributed by atoms with Crippen LogP contribution in [0.4, 0.5) is 11.4 Å². The first-order valence-corrected chi connectivity index (χ1v) is 10.1. The zero-order valence-corrected chi connectivity index (χ0v) is 17.0.